The summed E-state index contributed by atoms with van der Waals surface area (Å²) in [6.45, 7) is 1.08. The van der Waals surface area contributed by atoms with Gasteiger partial charge in [0.05, 0.1) is 5.92 Å². The van der Waals surface area contributed by atoms with Gasteiger partial charge in [-0.25, -0.2) is 4.39 Å². The van der Waals surface area contributed by atoms with E-state index >= 15 is 0 Å². The van der Waals surface area contributed by atoms with Crippen molar-refractivity contribution in [1.82, 2.24) is 0 Å². The summed E-state index contributed by atoms with van der Waals surface area (Å²) in [6.07, 6.45) is 13.2. The number of alkyl halides is 1. The van der Waals surface area contributed by atoms with Crippen molar-refractivity contribution in [1.29, 1.82) is 0 Å². The third kappa shape index (κ3) is 12.0. The third-order valence-electron chi connectivity index (χ3n) is 6.51. The molecular weight excluding hydrogens is 545 g/mol. The molecule has 0 bridgehead atoms. The van der Waals surface area contributed by atoms with Crippen molar-refractivity contribution >= 4 is 26.1 Å². The van der Waals surface area contributed by atoms with Gasteiger partial charge in [0.2, 0.25) is 0 Å². The van der Waals surface area contributed by atoms with Crippen LogP contribution in [0.1, 0.15) is 93.7 Å². The van der Waals surface area contributed by atoms with Crippen molar-refractivity contribution in [3.05, 3.63) is 65.2 Å². The number of hydrogen-bond acceptors (Lipinski definition) is 7. The highest BCUT2D eigenvalue weighted by atomic mass is 32.2. The monoisotopic (exact) mass is 585 g/mol. The number of nitrogens with zero attached hydrogens (tertiary/aromatic N) is 1. The Balaban J connectivity index is 1.89. The molecule has 0 fully saturated rings. The standard InChI is InChI=1S/C28H40FNO7S2/c1-2-3-4-5-6-7-8-9-10-11-12-23-15-19-26(20-16-23)39(35,36)37-28(30-31)27(21-29)25-17-13-24(14-18-25)22-38(32,33)34/h13-20,27,31H,2-12,21-22H2,1H3,(H,32,33,34). The zero-order valence-electron chi connectivity index (χ0n) is 22.5. The molecule has 0 aromatic heterocycles. The van der Waals surface area contributed by atoms with Crippen LogP contribution in [0.4, 0.5) is 4.39 Å². The number of oxime groups is 1. The van der Waals surface area contributed by atoms with Crippen LogP contribution in [0.3, 0.4) is 0 Å². The highest BCUT2D eigenvalue weighted by molar-refractivity contribution is 7.87. The van der Waals surface area contributed by atoms with Crippen LogP contribution in [0.25, 0.3) is 0 Å². The molecule has 0 amide bonds. The average molecular weight is 586 g/mol. The molecule has 0 aliphatic carbocycles. The van der Waals surface area contributed by atoms with E-state index in [1.54, 1.807) is 12.1 Å². The van der Waals surface area contributed by atoms with E-state index < -0.39 is 44.5 Å². The molecule has 0 aliphatic rings. The molecule has 8 nitrogen and oxygen atoms in total. The summed E-state index contributed by atoms with van der Waals surface area (Å²) in [6, 6.07) is 11.6. The maximum Gasteiger partial charge on any atom is 0.340 e. The lowest BCUT2D eigenvalue weighted by atomic mass is 9.99. The SMILES string of the molecule is CCCCCCCCCCCCc1ccc(S(=O)(=O)OC(=NO)C(CF)c2ccc(CS(=O)(=O)O)cc2)cc1. The minimum atomic E-state index is -4.40. The zero-order valence-corrected chi connectivity index (χ0v) is 24.1. The summed E-state index contributed by atoms with van der Waals surface area (Å²) >= 11 is 0. The summed E-state index contributed by atoms with van der Waals surface area (Å²) in [5, 5.41) is 12.3. The van der Waals surface area contributed by atoms with Gasteiger partial charge in [0.15, 0.2) is 0 Å². The second-order valence-electron chi connectivity index (χ2n) is 9.73. The van der Waals surface area contributed by atoms with Crippen molar-refractivity contribution < 1.29 is 35.2 Å². The maximum absolute atomic E-state index is 13.9. The van der Waals surface area contributed by atoms with Crippen molar-refractivity contribution in [3.63, 3.8) is 0 Å². The molecule has 0 spiro atoms. The first kappa shape index (κ1) is 32.7. The van der Waals surface area contributed by atoms with Gasteiger partial charge >= 0.3 is 10.1 Å². The Hall–Kier alpha value is -2.50. The van der Waals surface area contributed by atoms with E-state index in [9.17, 15) is 26.4 Å². The average Bonchev–Trinajstić information content (AvgIpc) is 2.90. The van der Waals surface area contributed by atoms with Crippen LogP contribution >= 0.6 is 0 Å². The normalized spacial score (nSPS) is 13.4. The fraction of sp³-hybridized carbons (Fsp3) is 0.536. The van der Waals surface area contributed by atoms with Gasteiger partial charge in [-0.15, -0.1) is 0 Å². The molecule has 0 heterocycles. The van der Waals surface area contributed by atoms with Crippen molar-refractivity contribution in [2.75, 3.05) is 6.67 Å². The number of halogens is 1. The van der Waals surface area contributed by atoms with E-state index in [0.717, 1.165) is 24.8 Å². The topological polar surface area (TPSA) is 130 Å². The van der Waals surface area contributed by atoms with E-state index in [-0.39, 0.29) is 16.0 Å². The van der Waals surface area contributed by atoms with Gasteiger partial charge in [-0.3, -0.25) is 4.55 Å². The van der Waals surface area contributed by atoms with Gasteiger partial charge in [0, 0.05) is 0 Å². The van der Waals surface area contributed by atoms with Crippen LogP contribution in [0.2, 0.25) is 0 Å². The van der Waals surface area contributed by atoms with Gasteiger partial charge in [-0.05, 0) is 41.7 Å². The first-order chi connectivity index (χ1) is 18.6. The van der Waals surface area contributed by atoms with Gasteiger partial charge in [0.1, 0.15) is 17.3 Å². The Kier molecular flexibility index (Phi) is 13.9. The van der Waals surface area contributed by atoms with E-state index in [2.05, 4.69) is 12.1 Å². The summed E-state index contributed by atoms with van der Waals surface area (Å²) in [5.41, 5.74) is 1.44. The molecule has 39 heavy (non-hydrogen) atoms. The van der Waals surface area contributed by atoms with Gasteiger partial charge in [-0.1, -0.05) is 106 Å². The van der Waals surface area contributed by atoms with Crippen LogP contribution in [-0.4, -0.2) is 39.2 Å². The fourth-order valence-corrected chi connectivity index (χ4v) is 5.85. The Morgan fingerprint density at radius 1 is 0.821 bits per heavy atom. The van der Waals surface area contributed by atoms with Gasteiger partial charge in [-0.2, -0.15) is 16.8 Å². The molecule has 218 valence electrons. The fourth-order valence-electron chi connectivity index (χ4n) is 4.30. The Morgan fingerprint density at radius 2 is 1.33 bits per heavy atom. The van der Waals surface area contributed by atoms with Crippen molar-refractivity contribution in [3.8, 4) is 0 Å². The molecule has 1 unspecified atom stereocenters. The van der Waals surface area contributed by atoms with Gasteiger partial charge in [0.25, 0.3) is 16.0 Å². The third-order valence-corrected chi connectivity index (χ3v) is 8.45. The van der Waals surface area contributed by atoms with E-state index in [4.69, 9.17) is 8.74 Å². The minimum absolute atomic E-state index is 0.156. The highest BCUT2D eigenvalue weighted by Gasteiger charge is 2.28. The number of hydrogen-bond donors (Lipinski definition) is 2. The first-order valence-corrected chi connectivity index (χ1v) is 16.5. The molecule has 0 saturated heterocycles. The second-order valence-corrected chi connectivity index (χ2v) is 12.7. The molecule has 1 atom stereocenters. The van der Waals surface area contributed by atoms with Crippen LogP contribution in [0, 0.1) is 0 Å². The van der Waals surface area contributed by atoms with Gasteiger partial charge < -0.3 is 9.39 Å². The highest BCUT2D eigenvalue weighted by Crippen LogP contribution is 2.24. The Labute approximate surface area is 232 Å². The molecule has 2 N–H and O–H groups in total. The molecule has 11 heteroatoms. The van der Waals surface area contributed by atoms with Crippen LogP contribution in [-0.2, 0) is 36.6 Å². The lowest BCUT2D eigenvalue weighted by Gasteiger charge is -2.16. The zero-order chi connectivity index (χ0) is 28.7. The molecule has 2 aromatic carbocycles. The summed E-state index contributed by atoms with van der Waals surface area (Å²) < 4.78 is 75.5. The van der Waals surface area contributed by atoms with Crippen LogP contribution < -0.4 is 0 Å². The molecule has 2 rings (SSSR count). The molecule has 0 radical (unpaired) electrons. The first-order valence-electron chi connectivity index (χ1n) is 13.4. The second kappa shape index (κ2) is 16.6. The predicted octanol–water partition coefficient (Wildman–Crippen LogP) is 6.78. The quantitative estimate of drug-likeness (QED) is 0.0375. The summed E-state index contributed by atoms with van der Waals surface area (Å²) in [5.74, 6) is -2.73. The lowest BCUT2D eigenvalue weighted by molar-refractivity contribution is 0.295. The van der Waals surface area contributed by atoms with Crippen molar-refractivity contribution in [2.45, 2.75) is 94.1 Å². The Bertz CT molecular complexity index is 1230. The van der Waals surface area contributed by atoms with Crippen LogP contribution in [0.15, 0.2) is 58.6 Å². The summed E-state index contributed by atoms with van der Waals surface area (Å²) in [7, 11) is -8.65. The molecule has 0 aliphatic heterocycles. The number of unbranched alkanes of at least 4 members (excludes halogenated alkanes) is 9. The summed E-state index contributed by atoms with van der Waals surface area (Å²) in [4.78, 5) is -0.156. The number of rotatable bonds is 18. The maximum atomic E-state index is 13.9. The smallest absolute Gasteiger partial charge is 0.340 e. The van der Waals surface area contributed by atoms with E-state index in [0.29, 0.717) is 0 Å². The largest absolute Gasteiger partial charge is 0.408 e. The van der Waals surface area contributed by atoms with Crippen LogP contribution in [0.5, 0.6) is 0 Å². The van der Waals surface area contributed by atoms with E-state index in [1.807, 2.05) is 0 Å². The van der Waals surface area contributed by atoms with Crippen molar-refractivity contribution in [2.24, 2.45) is 5.16 Å². The van der Waals surface area contributed by atoms with E-state index in [1.165, 1.54) is 87.8 Å². The lowest BCUT2D eigenvalue weighted by Crippen LogP contribution is -2.22. The molecular formula is C28H40FNO7S2. The Morgan fingerprint density at radius 3 is 1.82 bits per heavy atom. The number of aryl methyl sites for hydroxylation is 1. The molecule has 2 aromatic rings. The predicted molar refractivity (Wildman–Crippen MR) is 150 cm³/mol. The minimum Gasteiger partial charge on any atom is -0.408 e. The molecule has 0 saturated carbocycles. The number of benzene rings is 2.